The molecule has 0 radical (unpaired) electrons. The zero-order chi connectivity index (χ0) is 18.8. The summed E-state index contributed by atoms with van der Waals surface area (Å²) in [6, 6.07) is 0. The fourth-order valence-electron chi connectivity index (χ4n) is 1.91. The number of carbonyl (C=O) groups is 4. The van der Waals surface area contributed by atoms with Crippen LogP contribution < -0.4 is 5.73 Å². The number of hydrogen-bond acceptors (Lipinski definition) is 7. The van der Waals surface area contributed by atoms with Crippen molar-refractivity contribution in [1.29, 1.82) is 0 Å². The standard InChI is InChI=1S/C13H12I3NO7/c1-3-5(19)23-12(22)7-9(15)10(17)8(14)6(11(20)21)13(7,16)24-4(2)18/h7H,3,17H2,1-2H3,(H,20,21). The first-order valence-corrected chi connectivity index (χ1v) is 9.63. The molecule has 0 aliphatic heterocycles. The Bertz CT molecular complexity index is 685. The van der Waals surface area contributed by atoms with Crippen LogP contribution in [0.3, 0.4) is 0 Å². The number of aliphatic carboxylic acids is 1. The molecule has 3 N–H and O–H groups in total. The molecule has 1 aliphatic rings. The third-order valence-electron chi connectivity index (χ3n) is 2.92. The fourth-order valence-corrected chi connectivity index (χ4v) is 6.80. The fraction of sp³-hybridized carbons (Fsp3) is 0.385. The van der Waals surface area contributed by atoms with Gasteiger partial charge in [-0.2, -0.15) is 0 Å². The lowest BCUT2D eigenvalue weighted by molar-refractivity contribution is -0.165. The van der Waals surface area contributed by atoms with Crippen molar-refractivity contribution in [3.63, 3.8) is 0 Å². The van der Waals surface area contributed by atoms with Crippen LogP contribution in [0, 0.1) is 5.92 Å². The largest absolute Gasteiger partial charge is 0.478 e. The van der Waals surface area contributed by atoms with E-state index in [0.717, 1.165) is 6.92 Å². The Morgan fingerprint density at radius 3 is 2.25 bits per heavy atom. The average Bonchev–Trinajstić information content (AvgIpc) is 2.43. The Labute approximate surface area is 178 Å². The van der Waals surface area contributed by atoms with E-state index in [4.69, 9.17) is 15.2 Å². The summed E-state index contributed by atoms with van der Waals surface area (Å²) >= 11 is 5.03. The van der Waals surface area contributed by atoms with Gasteiger partial charge in [0, 0.05) is 16.9 Å². The van der Waals surface area contributed by atoms with E-state index >= 15 is 0 Å². The molecule has 0 heterocycles. The van der Waals surface area contributed by atoms with Crippen LogP contribution in [0.1, 0.15) is 20.3 Å². The summed E-state index contributed by atoms with van der Waals surface area (Å²) in [5.41, 5.74) is 5.60. The molecule has 0 aromatic carbocycles. The lowest BCUT2D eigenvalue weighted by Gasteiger charge is -2.37. The van der Waals surface area contributed by atoms with Crippen molar-refractivity contribution in [3.05, 3.63) is 18.4 Å². The van der Waals surface area contributed by atoms with Crippen molar-refractivity contribution in [2.75, 3.05) is 0 Å². The molecule has 2 unspecified atom stereocenters. The molecule has 1 aliphatic carbocycles. The van der Waals surface area contributed by atoms with Crippen molar-refractivity contribution >= 4 is 91.6 Å². The smallest absolute Gasteiger partial charge is 0.337 e. The van der Waals surface area contributed by atoms with Gasteiger partial charge in [-0.1, -0.05) is 6.92 Å². The summed E-state index contributed by atoms with van der Waals surface area (Å²) in [4.78, 5) is 47.1. The highest BCUT2D eigenvalue weighted by Crippen LogP contribution is 2.51. The van der Waals surface area contributed by atoms with Crippen molar-refractivity contribution in [2.24, 2.45) is 11.7 Å². The molecule has 0 saturated heterocycles. The lowest BCUT2D eigenvalue weighted by atomic mass is 9.89. The van der Waals surface area contributed by atoms with Gasteiger partial charge in [0.25, 0.3) is 0 Å². The van der Waals surface area contributed by atoms with Crippen molar-refractivity contribution in [2.45, 2.75) is 23.9 Å². The van der Waals surface area contributed by atoms with Crippen LogP contribution in [0.2, 0.25) is 0 Å². The second-order valence-electron chi connectivity index (χ2n) is 4.57. The second kappa shape index (κ2) is 8.29. The number of ether oxygens (including phenoxy) is 2. The molecule has 0 fully saturated rings. The van der Waals surface area contributed by atoms with E-state index in [0.29, 0.717) is 0 Å². The van der Waals surface area contributed by atoms with Crippen molar-refractivity contribution in [3.8, 4) is 0 Å². The van der Waals surface area contributed by atoms with E-state index in [1.54, 1.807) is 67.8 Å². The average molecular weight is 675 g/mol. The number of esters is 3. The number of carbonyl (C=O) groups excluding carboxylic acids is 3. The number of nitrogens with two attached hydrogens (primary N) is 1. The summed E-state index contributed by atoms with van der Waals surface area (Å²) in [5.74, 6) is -5.39. The number of carboxylic acids is 1. The zero-order valence-corrected chi connectivity index (χ0v) is 18.9. The van der Waals surface area contributed by atoms with E-state index < -0.39 is 33.4 Å². The first kappa shape index (κ1) is 21.6. The molecule has 0 spiro atoms. The highest BCUT2D eigenvalue weighted by Gasteiger charge is 2.56. The SMILES string of the molecule is CCC(=O)OC(=O)C1C(I)=C(N)C(I)=C(C(=O)O)C1(I)OC(C)=O. The van der Waals surface area contributed by atoms with Crippen LogP contribution in [0.5, 0.6) is 0 Å². The van der Waals surface area contributed by atoms with Gasteiger partial charge in [0.2, 0.25) is 3.61 Å². The molecular weight excluding hydrogens is 663 g/mol. The number of hydrogen-bond donors (Lipinski definition) is 2. The third-order valence-corrected chi connectivity index (χ3v) is 6.63. The minimum absolute atomic E-state index is 0.0464. The van der Waals surface area contributed by atoms with Crippen molar-refractivity contribution in [1.82, 2.24) is 0 Å². The minimum atomic E-state index is -1.89. The molecular formula is C13H12I3NO7. The topological polar surface area (TPSA) is 133 Å². The number of rotatable bonds is 4. The Hall–Kier alpha value is -0.450. The van der Waals surface area contributed by atoms with E-state index in [1.165, 1.54) is 6.92 Å². The highest BCUT2D eigenvalue weighted by atomic mass is 127. The van der Waals surface area contributed by atoms with Crippen molar-refractivity contribution < 1.29 is 33.8 Å². The van der Waals surface area contributed by atoms with Gasteiger partial charge in [0.05, 0.1) is 9.28 Å². The van der Waals surface area contributed by atoms with E-state index in [9.17, 15) is 24.3 Å². The Balaban J connectivity index is 3.59. The summed E-state index contributed by atoms with van der Waals surface area (Å²) in [7, 11) is 0. The number of allylic oxidation sites excluding steroid dienone is 1. The second-order valence-corrected chi connectivity index (χ2v) is 8.42. The van der Waals surface area contributed by atoms with Gasteiger partial charge in [0.1, 0.15) is 11.5 Å². The maximum atomic E-state index is 12.4. The van der Waals surface area contributed by atoms with Crippen LogP contribution in [0.25, 0.3) is 0 Å². The molecule has 0 aromatic rings. The van der Waals surface area contributed by atoms with Crippen LogP contribution in [-0.2, 0) is 28.7 Å². The Morgan fingerprint density at radius 1 is 1.29 bits per heavy atom. The van der Waals surface area contributed by atoms with Gasteiger partial charge in [-0.05, 0) is 67.8 Å². The lowest BCUT2D eigenvalue weighted by Crippen LogP contribution is -2.48. The Kier molecular flexibility index (Phi) is 7.46. The van der Waals surface area contributed by atoms with Crippen LogP contribution in [-0.4, -0.2) is 32.6 Å². The molecule has 0 aromatic heterocycles. The number of halogens is 3. The molecule has 1 rings (SSSR count). The zero-order valence-electron chi connectivity index (χ0n) is 12.4. The molecule has 0 bridgehead atoms. The maximum absolute atomic E-state index is 12.4. The molecule has 8 nitrogen and oxygen atoms in total. The molecule has 2 atom stereocenters. The van der Waals surface area contributed by atoms with E-state index in [-0.39, 0.29) is 24.9 Å². The van der Waals surface area contributed by atoms with Gasteiger partial charge in [-0.15, -0.1) is 0 Å². The van der Waals surface area contributed by atoms with Crippen LogP contribution in [0.4, 0.5) is 0 Å². The van der Waals surface area contributed by atoms with Gasteiger partial charge in [0.15, 0.2) is 0 Å². The van der Waals surface area contributed by atoms with Gasteiger partial charge in [-0.3, -0.25) is 14.4 Å². The molecule has 0 amide bonds. The van der Waals surface area contributed by atoms with Crippen LogP contribution in [0.15, 0.2) is 18.4 Å². The summed E-state index contributed by atoms with van der Waals surface area (Å²) in [6.45, 7) is 2.58. The Morgan fingerprint density at radius 2 is 1.83 bits per heavy atom. The third kappa shape index (κ3) is 4.20. The molecule has 11 heteroatoms. The maximum Gasteiger partial charge on any atom is 0.337 e. The number of alkyl halides is 1. The van der Waals surface area contributed by atoms with Gasteiger partial charge in [-0.25, -0.2) is 4.79 Å². The van der Waals surface area contributed by atoms with Crippen LogP contribution >= 0.6 is 67.8 Å². The van der Waals surface area contributed by atoms with E-state index in [2.05, 4.69) is 0 Å². The monoisotopic (exact) mass is 675 g/mol. The minimum Gasteiger partial charge on any atom is -0.478 e. The van der Waals surface area contributed by atoms with E-state index in [1.807, 2.05) is 0 Å². The molecule has 132 valence electrons. The normalized spacial score (nSPS) is 23.8. The first-order valence-electron chi connectivity index (χ1n) is 6.39. The molecule has 24 heavy (non-hydrogen) atoms. The first-order chi connectivity index (χ1) is 11.0. The predicted octanol–water partition coefficient (Wildman–Crippen LogP) is 2.17. The highest BCUT2D eigenvalue weighted by molar-refractivity contribution is 14.1. The van der Waals surface area contributed by atoms with Gasteiger partial charge >= 0.3 is 23.9 Å². The number of carboxylic acid groups (broad SMARTS) is 1. The summed E-state index contributed by atoms with van der Waals surface area (Å²) < 4.78 is 8.38. The summed E-state index contributed by atoms with van der Waals surface area (Å²) in [5, 5.41) is 9.53. The summed E-state index contributed by atoms with van der Waals surface area (Å²) in [6.07, 6.45) is -0.0464. The quantitative estimate of drug-likeness (QED) is 0.201. The predicted molar refractivity (Wildman–Crippen MR) is 107 cm³/mol. The van der Waals surface area contributed by atoms with Gasteiger partial charge < -0.3 is 20.3 Å². The molecule has 0 saturated carbocycles.